The Balaban J connectivity index is 1.71. The number of β-amino-alcohol motifs (C(OH)–C–C–N with tert-alkyl or cyclic N) is 1. The van der Waals surface area contributed by atoms with Crippen molar-refractivity contribution >= 4 is 23.3 Å². The summed E-state index contributed by atoms with van der Waals surface area (Å²) in [4.78, 5) is 26.1. The van der Waals surface area contributed by atoms with Crippen molar-refractivity contribution in [2.45, 2.75) is 43.9 Å². The minimum absolute atomic E-state index is 0.0558. The van der Waals surface area contributed by atoms with Gasteiger partial charge in [0.15, 0.2) is 0 Å². The molecule has 7 heteroatoms. The molecule has 0 radical (unpaired) electrons. The van der Waals surface area contributed by atoms with Gasteiger partial charge in [0.1, 0.15) is 6.04 Å². The van der Waals surface area contributed by atoms with E-state index >= 15 is 0 Å². The van der Waals surface area contributed by atoms with Crippen LogP contribution in [-0.4, -0.2) is 45.8 Å². The summed E-state index contributed by atoms with van der Waals surface area (Å²) in [5.74, 6) is -1.07. The lowest BCUT2D eigenvalue weighted by atomic mass is 9.94. The van der Waals surface area contributed by atoms with Crippen molar-refractivity contribution in [1.29, 1.82) is 0 Å². The molecular weight excluding hydrogens is 292 g/mol. The van der Waals surface area contributed by atoms with E-state index in [1.807, 2.05) is 11.4 Å². The maximum atomic E-state index is 12.3. The lowest BCUT2D eigenvalue weighted by molar-refractivity contribution is -0.141. The highest BCUT2D eigenvalue weighted by atomic mass is 32.1. The second-order valence-corrected chi connectivity index (χ2v) is 6.59. The molecular formula is C14H18N2O4S. The molecule has 1 aromatic heterocycles. The maximum Gasteiger partial charge on any atom is 0.326 e. The Hall–Kier alpha value is -1.60. The van der Waals surface area contributed by atoms with Crippen LogP contribution in [-0.2, 0) is 11.2 Å². The highest BCUT2D eigenvalue weighted by Gasteiger charge is 2.39. The van der Waals surface area contributed by atoms with Crippen molar-refractivity contribution in [3.05, 3.63) is 21.9 Å². The third-order valence-corrected chi connectivity index (χ3v) is 5.17. The van der Waals surface area contributed by atoms with Crippen LogP contribution in [0.25, 0.3) is 0 Å². The number of carboxylic acid groups (broad SMARTS) is 1. The number of aliphatic hydroxyl groups excluding tert-OH is 1. The number of aliphatic carboxylic acids is 1. The van der Waals surface area contributed by atoms with E-state index in [0.29, 0.717) is 0 Å². The lowest BCUT2D eigenvalue weighted by Gasteiger charge is -2.28. The Morgan fingerprint density at radius 2 is 2.24 bits per heavy atom. The van der Waals surface area contributed by atoms with Gasteiger partial charge in [0.05, 0.1) is 12.1 Å². The van der Waals surface area contributed by atoms with Crippen LogP contribution < -0.4 is 5.32 Å². The SMILES string of the molecule is O=C(O)[C@@H]1CC(O)CN1C(=O)NC1CCCc2sccc21. The first-order valence-electron chi connectivity index (χ1n) is 7.10. The second kappa shape index (κ2) is 5.65. The average Bonchev–Trinajstić information content (AvgIpc) is 3.05. The Kier molecular flexibility index (Phi) is 3.86. The fourth-order valence-electron chi connectivity index (χ4n) is 3.14. The van der Waals surface area contributed by atoms with Gasteiger partial charge in [0.2, 0.25) is 0 Å². The standard InChI is InChI=1S/C14H18N2O4S/c17-8-6-11(13(18)19)16(7-8)14(20)15-10-2-1-3-12-9(10)4-5-21-12/h4-5,8,10-11,17H,1-3,6-7H2,(H,15,20)(H,18,19)/t8?,10?,11-/m0/s1. The number of carbonyl (C=O) groups is 2. The Morgan fingerprint density at radius 3 is 3.00 bits per heavy atom. The van der Waals surface area contributed by atoms with Gasteiger partial charge in [0, 0.05) is 17.8 Å². The van der Waals surface area contributed by atoms with Gasteiger partial charge in [-0.05, 0) is 36.3 Å². The molecule has 6 nitrogen and oxygen atoms in total. The Bertz CT molecular complexity index is 559. The van der Waals surface area contributed by atoms with Gasteiger partial charge in [-0.1, -0.05) is 0 Å². The van der Waals surface area contributed by atoms with Crippen LogP contribution in [0.1, 0.15) is 35.7 Å². The molecule has 1 saturated heterocycles. The van der Waals surface area contributed by atoms with Crippen LogP contribution in [0.2, 0.25) is 0 Å². The van der Waals surface area contributed by atoms with Crippen LogP contribution in [0.3, 0.4) is 0 Å². The highest BCUT2D eigenvalue weighted by Crippen LogP contribution is 2.33. The van der Waals surface area contributed by atoms with E-state index in [-0.39, 0.29) is 19.0 Å². The number of nitrogens with one attached hydrogen (secondary N) is 1. The molecule has 0 spiro atoms. The molecule has 2 unspecified atom stereocenters. The predicted octanol–water partition coefficient (Wildman–Crippen LogP) is 1.35. The van der Waals surface area contributed by atoms with Crippen molar-refractivity contribution in [2.24, 2.45) is 0 Å². The van der Waals surface area contributed by atoms with Gasteiger partial charge < -0.3 is 20.4 Å². The first-order valence-corrected chi connectivity index (χ1v) is 7.98. The molecule has 0 saturated carbocycles. The molecule has 0 bridgehead atoms. The number of carbonyl (C=O) groups excluding carboxylic acids is 1. The molecule has 1 aliphatic carbocycles. The first-order chi connectivity index (χ1) is 10.1. The number of nitrogens with zero attached hydrogens (tertiary/aromatic N) is 1. The number of fused-ring (bicyclic) bond motifs is 1. The van der Waals surface area contributed by atoms with Crippen molar-refractivity contribution < 1.29 is 19.8 Å². The summed E-state index contributed by atoms with van der Waals surface area (Å²) in [6.07, 6.45) is 2.25. The predicted molar refractivity (Wildman–Crippen MR) is 77.3 cm³/mol. The maximum absolute atomic E-state index is 12.3. The first kappa shape index (κ1) is 14.3. The summed E-state index contributed by atoms with van der Waals surface area (Å²) in [7, 11) is 0. The number of amides is 2. The smallest absolute Gasteiger partial charge is 0.326 e. The molecule has 1 fully saturated rings. The molecule has 2 heterocycles. The fraction of sp³-hybridized carbons (Fsp3) is 0.571. The van der Waals surface area contributed by atoms with Crippen molar-refractivity contribution in [3.8, 4) is 0 Å². The Morgan fingerprint density at radius 1 is 1.43 bits per heavy atom. The van der Waals surface area contributed by atoms with Gasteiger partial charge in [-0.25, -0.2) is 9.59 Å². The highest BCUT2D eigenvalue weighted by molar-refractivity contribution is 7.10. The van der Waals surface area contributed by atoms with E-state index in [4.69, 9.17) is 5.11 Å². The lowest BCUT2D eigenvalue weighted by Crippen LogP contribution is -2.47. The van der Waals surface area contributed by atoms with Crippen LogP contribution >= 0.6 is 11.3 Å². The van der Waals surface area contributed by atoms with Crippen molar-refractivity contribution in [2.75, 3.05) is 6.54 Å². The number of carboxylic acids is 1. The number of aryl methyl sites for hydroxylation is 1. The molecule has 3 N–H and O–H groups in total. The van der Waals surface area contributed by atoms with E-state index in [9.17, 15) is 14.7 Å². The third kappa shape index (κ3) is 2.75. The molecule has 3 atom stereocenters. The summed E-state index contributed by atoms with van der Waals surface area (Å²) in [5.41, 5.74) is 1.14. The number of thiophene rings is 1. The minimum Gasteiger partial charge on any atom is -0.480 e. The molecule has 114 valence electrons. The zero-order valence-corrected chi connectivity index (χ0v) is 12.3. The number of urea groups is 1. The number of aliphatic hydroxyl groups is 1. The van der Waals surface area contributed by atoms with Crippen LogP contribution in [0.5, 0.6) is 0 Å². The summed E-state index contributed by atoms with van der Waals surface area (Å²) >= 11 is 1.70. The molecule has 3 rings (SSSR count). The number of likely N-dealkylation sites (tertiary alicyclic amines) is 1. The zero-order chi connectivity index (χ0) is 15.0. The minimum atomic E-state index is -1.07. The van der Waals surface area contributed by atoms with E-state index < -0.39 is 24.1 Å². The fourth-order valence-corrected chi connectivity index (χ4v) is 4.13. The van der Waals surface area contributed by atoms with Gasteiger partial charge in [-0.15, -0.1) is 11.3 Å². The summed E-state index contributed by atoms with van der Waals surface area (Å²) in [5, 5.41) is 23.7. The average molecular weight is 310 g/mol. The van der Waals surface area contributed by atoms with E-state index in [2.05, 4.69) is 5.32 Å². The van der Waals surface area contributed by atoms with Gasteiger partial charge in [-0.3, -0.25) is 0 Å². The zero-order valence-electron chi connectivity index (χ0n) is 11.5. The molecule has 1 aliphatic heterocycles. The number of hydrogen-bond donors (Lipinski definition) is 3. The molecule has 2 amide bonds. The monoisotopic (exact) mass is 310 g/mol. The van der Waals surface area contributed by atoms with Crippen LogP contribution in [0, 0.1) is 0 Å². The van der Waals surface area contributed by atoms with Gasteiger partial charge in [-0.2, -0.15) is 0 Å². The Labute approximate surface area is 126 Å². The van der Waals surface area contributed by atoms with Crippen molar-refractivity contribution in [1.82, 2.24) is 10.2 Å². The van der Waals surface area contributed by atoms with Gasteiger partial charge in [0.25, 0.3) is 0 Å². The summed E-state index contributed by atoms with van der Waals surface area (Å²) < 4.78 is 0. The molecule has 0 aromatic carbocycles. The molecule has 1 aromatic rings. The molecule has 2 aliphatic rings. The third-order valence-electron chi connectivity index (χ3n) is 4.17. The van der Waals surface area contributed by atoms with E-state index in [0.717, 1.165) is 24.8 Å². The largest absolute Gasteiger partial charge is 0.480 e. The van der Waals surface area contributed by atoms with Crippen LogP contribution in [0.15, 0.2) is 11.4 Å². The normalized spacial score (nSPS) is 28.2. The van der Waals surface area contributed by atoms with E-state index in [1.54, 1.807) is 11.3 Å². The van der Waals surface area contributed by atoms with Crippen LogP contribution in [0.4, 0.5) is 4.79 Å². The van der Waals surface area contributed by atoms with E-state index in [1.165, 1.54) is 9.78 Å². The summed E-state index contributed by atoms with van der Waals surface area (Å²) in [6.45, 7) is 0.0754. The second-order valence-electron chi connectivity index (χ2n) is 5.59. The number of rotatable bonds is 2. The number of hydrogen-bond acceptors (Lipinski definition) is 4. The summed E-state index contributed by atoms with van der Waals surface area (Å²) in [6, 6.07) is 0.630. The van der Waals surface area contributed by atoms with Crippen molar-refractivity contribution in [3.63, 3.8) is 0 Å². The van der Waals surface area contributed by atoms with Gasteiger partial charge >= 0.3 is 12.0 Å². The topological polar surface area (TPSA) is 89.9 Å². The quantitative estimate of drug-likeness (QED) is 0.769. The molecule has 21 heavy (non-hydrogen) atoms.